The fraction of sp³-hybridized carbons (Fsp3) is 0.276. The second-order valence-electron chi connectivity index (χ2n) is 9.52. The van der Waals surface area contributed by atoms with E-state index >= 15 is 0 Å². The van der Waals surface area contributed by atoms with Crippen LogP contribution in [0.2, 0.25) is 0 Å². The van der Waals surface area contributed by atoms with Gasteiger partial charge in [0, 0.05) is 44.1 Å². The van der Waals surface area contributed by atoms with Crippen molar-refractivity contribution < 1.29 is 23.9 Å². The highest BCUT2D eigenvalue weighted by atomic mass is 16.6. The highest BCUT2D eigenvalue weighted by molar-refractivity contribution is 5.98. The fourth-order valence-electron chi connectivity index (χ4n) is 5.43. The number of likely N-dealkylation sites (tertiary alicyclic amines) is 1. The molecule has 0 saturated carbocycles. The Bertz CT molecular complexity index is 1550. The van der Waals surface area contributed by atoms with Crippen LogP contribution in [-0.2, 0) is 21.5 Å². The number of hydrogen-bond donors (Lipinski definition) is 0. The standard InChI is InChI=1S/C29H26N4O5/c1-2-37-27(35)22-18-31-33-24(16-19-8-4-3-5-9-19)21(17-30-25(22)33)26(34)32-14-12-29(13-15-32)23-11-7-6-10-20(23)28(36)38-29/h3-11,17-18H,2,12-16H2,1H3. The summed E-state index contributed by atoms with van der Waals surface area (Å²) in [7, 11) is 0. The fourth-order valence-corrected chi connectivity index (χ4v) is 5.43. The second kappa shape index (κ2) is 9.41. The zero-order valence-corrected chi connectivity index (χ0v) is 20.9. The van der Waals surface area contributed by atoms with Gasteiger partial charge in [0.2, 0.25) is 0 Å². The SMILES string of the molecule is CCOC(=O)c1cnn2c(Cc3ccccc3)c(C(=O)N3CCC4(CC3)OC(=O)c3ccccc34)cnc12. The van der Waals surface area contributed by atoms with Gasteiger partial charge in [-0.1, -0.05) is 48.5 Å². The van der Waals surface area contributed by atoms with E-state index in [0.29, 0.717) is 54.8 Å². The van der Waals surface area contributed by atoms with Crippen molar-refractivity contribution in [1.82, 2.24) is 19.5 Å². The van der Waals surface area contributed by atoms with Crippen molar-refractivity contribution in [1.29, 1.82) is 0 Å². The first-order chi connectivity index (χ1) is 18.5. The molecule has 1 amide bonds. The van der Waals surface area contributed by atoms with Gasteiger partial charge in [-0.25, -0.2) is 19.1 Å². The Hall–Kier alpha value is -4.53. The van der Waals surface area contributed by atoms with Crippen LogP contribution in [0.3, 0.4) is 0 Å². The molecule has 9 nitrogen and oxygen atoms in total. The lowest BCUT2D eigenvalue weighted by molar-refractivity contribution is -0.0389. The van der Waals surface area contributed by atoms with E-state index < -0.39 is 11.6 Å². The smallest absolute Gasteiger partial charge is 0.343 e. The Morgan fingerprint density at radius 1 is 1.00 bits per heavy atom. The summed E-state index contributed by atoms with van der Waals surface area (Å²) in [4.78, 5) is 45.0. The minimum Gasteiger partial charge on any atom is -0.462 e. The van der Waals surface area contributed by atoms with Crippen LogP contribution >= 0.6 is 0 Å². The highest BCUT2D eigenvalue weighted by Gasteiger charge is 2.47. The molecular weight excluding hydrogens is 484 g/mol. The zero-order chi connectivity index (χ0) is 26.3. The molecule has 192 valence electrons. The molecule has 2 aliphatic heterocycles. The summed E-state index contributed by atoms with van der Waals surface area (Å²) in [5.41, 5.74) is 3.44. The van der Waals surface area contributed by atoms with E-state index in [9.17, 15) is 14.4 Å². The first-order valence-electron chi connectivity index (χ1n) is 12.7. The molecule has 0 atom stereocenters. The third-order valence-corrected chi connectivity index (χ3v) is 7.35. The average Bonchev–Trinajstić information content (AvgIpc) is 3.49. The number of esters is 2. The van der Waals surface area contributed by atoms with Crippen molar-refractivity contribution in [3.8, 4) is 0 Å². The van der Waals surface area contributed by atoms with Gasteiger partial charge in [0.15, 0.2) is 5.65 Å². The number of carbonyl (C=O) groups excluding carboxylic acids is 3. The number of hydrogen-bond acceptors (Lipinski definition) is 7. The zero-order valence-electron chi connectivity index (χ0n) is 20.9. The summed E-state index contributed by atoms with van der Waals surface area (Å²) in [6, 6.07) is 17.2. The number of amides is 1. The largest absolute Gasteiger partial charge is 0.462 e. The molecule has 2 aliphatic rings. The predicted octanol–water partition coefficient (Wildman–Crippen LogP) is 3.80. The molecule has 1 fully saturated rings. The maximum absolute atomic E-state index is 13.9. The number of nitrogens with zero attached hydrogens (tertiary/aromatic N) is 4. The normalized spacial score (nSPS) is 15.9. The minimum atomic E-state index is -0.698. The summed E-state index contributed by atoms with van der Waals surface area (Å²) in [5, 5.41) is 4.42. The lowest BCUT2D eigenvalue weighted by Crippen LogP contribution is -2.45. The number of carbonyl (C=O) groups is 3. The number of rotatable bonds is 5. The van der Waals surface area contributed by atoms with E-state index in [-0.39, 0.29) is 24.0 Å². The van der Waals surface area contributed by atoms with Crippen LogP contribution in [0.4, 0.5) is 0 Å². The van der Waals surface area contributed by atoms with Crippen LogP contribution in [0.1, 0.15) is 67.7 Å². The Labute approximate surface area is 219 Å². The van der Waals surface area contributed by atoms with Crippen LogP contribution in [0.25, 0.3) is 5.65 Å². The Morgan fingerprint density at radius 2 is 1.74 bits per heavy atom. The molecule has 9 heteroatoms. The number of aromatic nitrogens is 3. The van der Waals surface area contributed by atoms with Gasteiger partial charge >= 0.3 is 11.9 Å². The summed E-state index contributed by atoms with van der Waals surface area (Å²) in [6.07, 6.45) is 4.41. The number of fused-ring (bicyclic) bond motifs is 3. The van der Waals surface area contributed by atoms with E-state index in [2.05, 4.69) is 10.1 Å². The van der Waals surface area contributed by atoms with Crippen LogP contribution < -0.4 is 0 Å². The second-order valence-corrected chi connectivity index (χ2v) is 9.52. The summed E-state index contributed by atoms with van der Waals surface area (Å²) in [6.45, 7) is 2.83. The topological polar surface area (TPSA) is 103 Å². The Kier molecular flexibility index (Phi) is 5.90. The molecule has 0 unspecified atom stereocenters. The molecule has 2 aromatic carbocycles. The molecule has 2 aromatic heterocycles. The van der Waals surface area contributed by atoms with Crippen molar-refractivity contribution in [2.45, 2.75) is 31.8 Å². The lowest BCUT2D eigenvalue weighted by Gasteiger charge is -2.38. The Balaban J connectivity index is 1.33. The number of ether oxygens (including phenoxy) is 2. The lowest BCUT2D eigenvalue weighted by atomic mass is 9.83. The molecule has 4 heterocycles. The molecule has 0 radical (unpaired) electrons. The third kappa shape index (κ3) is 3.91. The van der Waals surface area contributed by atoms with Crippen molar-refractivity contribution in [2.75, 3.05) is 19.7 Å². The van der Waals surface area contributed by atoms with E-state index in [1.54, 1.807) is 22.4 Å². The molecule has 0 bridgehead atoms. The molecule has 6 rings (SSSR count). The molecule has 1 spiro atoms. The van der Waals surface area contributed by atoms with Gasteiger partial charge in [0.1, 0.15) is 11.2 Å². The molecule has 4 aromatic rings. The number of piperidine rings is 1. The maximum Gasteiger partial charge on any atom is 0.343 e. The quantitative estimate of drug-likeness (QED) is 0.376. The first kappa shape index (κ1) is 23.8. The van der Waals surface area contributed by atoms with Crippen molar-refractivity contribution in [3.63, 3.8) is 0 Å². The Morgan fingerprint density at radius 3 is 2.50 bits per heavy atom. The minimum absolute atomic E-state index is 0.175. The van der Waals surface area contributed by atoms with Crippen LogP contribution in [0, 0.1) is 0 Å². The summed E-state index contributed by atoms with van der Waals surface area (Å²) >= 11 is 0. The molecule has 0 aliphatic carbocycles. The van der Waals surface area contributed by atoms with Crippen LogP contribution in [-0.4, -0.2) is 57.0 Å². The molecule has 38 heavy (non-hydrogen) atoms. The van der Waals surface area contributed by atoms with Gasteiger partial charge in [-0.15, -0.1) is 0 Å². The van der Waals surface area contributed by atoms with Crippen molar-refractivity contribution in [2.24, 2.45) is 0 Å². The van der Waals surface area contributed by atoms with Gasteiger partial charge in [-0.3, -0.25) is 4.79 Å². The molecule has 0 N–H and O–H groups in total. The highest BCUT2D eigenvalue weighted by Crippen LogP contribution is 2.44. The monoisotopic (exact) mass is 510 g/mol. The predicted molar refractivity (Wildman–Crippen MR) is 137 cm³/mol. The van der Waals surface area contributed by atoms with Crippen molar-refractivity contribution >= 4 is 23.5 Å². The van der Waals surface area contributed by atoms with E-state index in [4.69, 9.17) is 9.47 Å². The van der Waals surface area contributed by atoms with Gasteiger partial charge in [-0.2, -0.15) is 5.10 Å². The van der Waals surface area contributed by atoms with Gasteiger partial charge < -0.3 is 14.4 Å². The summed E-state index contributed by atoms with van der Waals surface area (Å²) in [5.74, 6) is -0.991. The third-order valence-electron chi connectivity index (χ3n) is 7.35. The van der Waals surface area contributed by atoms with E-state index in [0.717, 1.165) is 11.1 Å². The van der Waals surface area contributed by atoms with E-state index in [1.165, 1.54) is 12.4 Å². The number of benzene rings is 2. The van der Waals surface area contributed by atoms with Gasteiger partial charge in [0.05, 0.1) is 29.6 Å². The maximum atomic E-state index is 13.9. The van der Waals surface area contributed by atoms with Crippen molar-refractivity contribution in [3.05, 3.63) is 101 Å². The van der Waals surface area contributed by atoms with Crippen LogP contribution in [0.5, 0.6) is 0 Å². The van der Waals surface area contributed by atoms with Gasteiger partial charge in [-0.05, 0) is 18.6 Å². The van der Waals surface area contributed by atoms with Gasteiger partial charge in [0.25, 0.3) is 5.91 Å². The summed E-state index contributed by atoms with van der Waals surface area (Å²) < 4.78 is 12.6. The molecular formula is C29H26N4O5. The van der Waals surface area contributed by atoms with E-state index in [1.807, 2.05) is 48.5 Å². The van der Waals surface area contributed by atoms with Crippen LogP contribution in [0.15, 0.2) is 67.0 Å². The molecule has 1 saturated heterocycles. The average molecular weight is 511 g/mol. The first-order valence-corrected chi connectivity index (χ1v) is 12.7.